The Morgan fingerprint density at radius 1 is 1.50 bits per heavy atom. The van der Waals surface area contributed by atoms with Crippen LogP contribution in [0.3, 0.4) is 0 Å². The van der Waals surface area contributed by atoms with Crippen LogP contribution in [0.15, 0.2) is 18.5 Å². The number of hydrogen-bond acceptors (Lipinski definition) is 3. The maximum atomic E-state index is 5.92. The van der Waals surface area contributed by atoms with E-state index in [1.165, 1.54) is 6.42 Å². The number of fused-ring (bicyclic) bond motifs is 2. The molecule has 2 aliphatic heterocycles. The van der Waals surface area contributed by atoms with E-state index in [1.54, 1.807) is 6.20 Å². The Morgan fingerprint density at radius 3 is 3.07 bits per heavy atom. The molecule has 3 nitrogen and oxygen atoms in total. The zero-order chi connectivity index (χ0) is 9.54. The number of piperazine rings is 1. The van der Waals surface area contributed by atoms with Crippen LogP contribution in [0.1, 0.15) is 6.42 Å². The molecule has 0 amide bonds. The number of hydrogen-bond donors (Lipinski definition) is 1. The summed E-state index contributed by atoms with van der Waals surface area (Å²) in [5, 5.41) is 4.20. The van der Waals surface area contributed by atoms with Crippen LogP contribution in [0.25, 0.3) is 0 Å². The molecule has 3 rings (SSSR count). The van der Waals surface area contributed by atoms with Gasteiger partial charge in [-0.3, -0.25) is 4.98 Å². The lowest BCUT2D eigenvalue weighted by atomic mass is 10.2. The summed E-state index contributed by atoms with van der Waals surface area (Å²) < 4.78 is 0. The summed E-state index contributed by atoms with van der Waals surface area (Å²) in [6.45, 7) is 2.18. The van der Waals surface area contributed by atoms with Gasteiger partial charge in [-0.25, -0.2) is 0 Å². The minimum absolute atomic E-state index is 0.639. The first-order valence-corrected chi connectivity index (χ1v) is 5.31. The number of nitrogens with zero attached hydrogens (tertiary/aromatic N) is 2. The van der Waals surface area contributed by atoms with Gasteiger partial charge in [0.25, 0.3) is 0 Å². The second-order valence-corrected chi connectivity index (χ2v) is 4.44. The Bertz CT molecular complexity index is 355. The van der Waals surface area contributed by atoms with Gasteiger partial charge in [0.15, 0.2) is 0 Å². The summed E-state index contributed by atoms with van der Waals surface area (Å²) in [4.78, 5) is 6.52. The van der Waals surface area contributed by atoms with Crippen LogP contribution in [0, 0.1) is 0 Å². The van der Waals surface area contributed by atoms with Crippen LogP contribution < -0.4 is 10.2 Å². The lowest BCUT2D eigenvalue weighted by Gasteiger charge is -2.29. The molecule has 4 heteroatoms. The van der Waals surface area contributed by atoms with Crippen LogP contribution >= 0.6 is 11.6 Å². The minimum atomic E-state index is 0.639. The summed E-state index contributed by atoms with van der Waals surface area (Å²) in [5.74, 6) is 0. The standard InChI is InChI=1S/C10H12ClN3/c11-7-1-9(4-12-3-7)14-6-8-2-10(14)5-13-8/h1,3-4,8,10,13H,2,5-6H2/t8-,10-/m0/s1. The number of anilines is 1. The number of rotatable bonds is 1. The van der Waals surface area contributed by atoms with Gasteiger partial charge in [-0.05, 0) is 12.5 Å². The highest BCUT2D eigenvalue weighted by Gasteiger charge is 2.37. The van der Waals surface area contributed by atoms with Crippen molar-refractivity contribution in [3.8, 4) is 0 Å². The molecule has 0 radical (unpaired) electrons. The molecule has 0 unspecified atom stereocenters. The monoisotopic (exact) mass is 209 g/mol. The van der Waals surface area contributed by atoms with Crippen molar-refractivity contribution in [3.05, 3.63) is 23.5 Å². The Morgan fingerprint density at radius 2 is 2.43 bits per heavy atom. The molecular weight excluding hydrogens is 198 g/mol. The molecule has 0 saturated carbocycles. The molecule has 74 valence electrons. The van der Waals surface area contributed by atoms with E-state index in [1.807, 2.05) is 12.3 Å². The van der Waals surface area contributed by atoms with Gasteiger partial charge in [0.2, 0.25) is 0 Å². The number of aromatic nitrogens is 1. The van der Waals surface area contributed by atoms with Crippen molar-refractivity contribution in [1.82, 2.24) is 10.3 Å². The third-order valence-corrected chi connectivity index (χ3v) is 3.29. The van der Waals surface area contributed by atoms with E-state index in [0.29, 0.717) is 12.1 Å². The molecule has 0 aliphatic carbocycles. The van der Waals surface area contributed by atoms with Crippen molar-refractivity contribution in [2.75, 3.05) is 18.0 Å². The van der Waals surface area contributed by atoms with Crippen molar-refractivity contribution >= 4 is 17.3 Å². The van der Waals surface area contributed by atoms with Gasteiger partial charge in [-0.1, -0.05) is 11.6 Å². The first-order chi connectivity index (χ1) is 6.83. The fourth-order valence-corrected chi connectivity index (χ4v) is 2.60. The molecule has 0 spiro atoms. The van der Waals surface area contributed by atoms with Gasteiger partial charge in [0.05, 0.1) is 16.9 Å². The molecule has 0 aromatic carbocycles. The van der Waals surface area contributed by atoms with Crippen molar-refractivity contribution in [1.29, 1.82) is 0 Å². The van der Waals surface area contributed by atoms with E-state index in [0.717, 1.165) is 23.8 Å². The van der Waals surface area contributed by atoms with Crippen molar-refractivity contribution in [2.24, 2.45) is 0 Å². The van der Waals surface area contributed by atoms with Crippen molar-refractivity contribution in [2.45, 2.75) is 18.5 Å². The summed E-state index contributed by atoms with van der Waals surface area (Å²) in [6.07, 6.45) is 4.83. The van der Waals surface area contributed by atoms with Gasteiger partial charge in [0.1, 0.15) is 0 Å². The molecular formula is C10H12ClN3. The topological polar surface area (TPSA) is 28.2 Å². The first kappa shape index (κ1) is 8.50. The average Bonchev–Trinajstić information content (AvgIpc) is 2.78. The highest BCUT2D eigenvalue weighted by atomic mass is 35.5. The van der Waals surface area contributed by atoms with Crippen LogP contribution in [-0.4, -0.2) is 30.2 Å². The van der Waals surface area contributed by atoms with Crippen molar-refractivity contribution < 1.29 is 0 Å². The first-order valence-electron chi connectivity index (χ1n) is 4.93. The number of halogens is 1. The van der Waals surface area contributed by atoms with Gasteiger partial charge >= 0.3 is 0 Å². The largest absolute Gasteiger partial charge is 0.364 e. The quantitative estimate of drug-likeness (QED) is 0.756. The van der Waals surface area contributed by atoms with E-state index < -0.39 is 0 Å². The van der Waals surface area contributed by atoms with Crippen molar-refractivity contribution in [3.63, 3.8) is 0 Å². The molecule has 2 aliphatic rings. The van der Waals surface area contributed by atoms with Gasteiger partial charge in [-0.2, -0.15) is 0 Å². The predicted molar refractivity (Wildman–Crippen MR) is 56.8 cm³/mol. The van der Waals surface area contributed by atoms with E-state index in [2.05, 4.69) is 15.2 Å². The van der Waals surface area contributed by atoms with Gasteiger partial charge < -0.3 is 10.2 Å². The van der Waals surface area contributed by atoms with Crippen LogP contribution in [0.5, 0.6) is 0 Å². The smallest absolute Gasteiger partial charge is 0.0609 e. The molecule has 14 heavy (non-hydrogen) atoms. The highest BCUT2D eigenvalue weighted by molar-refractivity contribution is 6.30. The summed E-state index contributed by atoms with van der Waals surface area (Å²) >= 11 is 5.92. The Hall–Kier alpha value is -0.800. The zero-order valence-electron chi connectivity index (χ0n) is 7.78. The second kappa shape index (κ2) is 3.11. The molecule has 2 fully saturated rings. The Kier molecular flexibility index (Phi) is 1.89. The zero-order valence-corrected chi connectivity index (χ0v) is 8.54. The molecule has 2 bridgehead atoms. The molecule has 2 saturated heterocycles. The minimum Gasteiger partial charge on any atom is -0.364 e. The summed E-state index contributed by atoms with van der Waals surface area (Å²) in [5.41, 5.74) is 1.16. The van der Waals surface area contributed by atoms with Crippen LogP contribution in [0.4, 0.5) is 5.69 Å². The summed E-state index contributed by atoms with van der Waals surface area (Å²) in [7, 11) is 0. The van der Waals surface area contributed by atoms with E-state index in [4.69, 9.17) is 11.6 Å². The normalized spacial score (nSPS) is 29.9. The molecule has 2 atom stereocenters. The molecule has 3 heterocycles. The van der Waals surface area contributed by atoms with Crippen LogP contribution in [0.2, 0.25) is 5.02 Å². The SMILES string of the molecule is Clc1cncc(N2C[C@@H]3C[C@H]2CN3)c1. The van der Waals surface area contributed by atoms with Gasteiger partial charge in [0, 0.05) is 31.4 Å². The lowest BCUT2D eigenvalue weighted by Crippen LogP contribution is -2.43. The third-order valence-electron chi connectivity index (χ3n) is 3.08. The molecule has 1 aromatic heterocycles. The van der Waals surface area contributed by atoms with Gasteiger partial charge in [-0.15, -0.1) is 0 Å². The fraction of sp³-hybridized carbons (Fsp3) is 0.500. The summed E-state index contributed by atoms with van der Waals surface area (Å²) in [6, 6.07) is 3.30. The average molecular weight is 210 g/mol. The predicted octanol–water partition coefficient (Wildman–Crippen LogP) is 1.29. The lowest BCUT2D eigenvalue weighted by molar-refractivity contribution is 0.579. The van der Waals surface area contributed by atoms with Crippen LogP contribution in [-0.2, 0) is 0 Å². The molecule has 1 aromatic rings. The number of nitrogens with one attached hydrogen (secondary N) is 1. The highest BCUT2D eigenvalue weighted by Crippen LogP contribution is 2.29. The Labute approximate surface area is 88.1 Å². The maximum absolute atomic E-state index is 5.92. The maximum Gasteiger partial charge on any atom is 0.0609 e. The third kappa shape index (κ3) is 1.28. The van der Waals surface area contributed by atoms with E-state index in [-0.39, 0.29) is 0 Å². The van der Waals surface area contributed by atoms with E-state index >= 15 is 0 Å². The Balaban J connectivity index is 1.89. The second-order valence-electron chi connectivity index (χ2n) is 4.01. The number of pyridine rings is 1. The fourth-order valence-electron chi connectivity index (χ4n) is 2.43. The van der Waals surface area contributed by atoms with E-state index in [9.17, 15) is 0 Å². The molecule has 1 N–H and O–H groups in total.